The molecule has 7 heteroatoms. The second kappa shape index (κ2) is 6.55. The Morgan fingerprint density at radius 2 is 2.24 bits per heavy atom. The number of carbonyl (C=O) groups excluding carboxylic acids is 1. The van der Waals surface area contributed by atoms with Gasteiger partial charge in [-0.1, -0.05) is 13.0 Å². The maximum atomic E-state index is 11.7. The lowest BCUT2D eigenvalue weighted by molar-refractivity contribution is -0.122. The van der Waals surface area contributed by atoms with Gasteiger partial charge in [-0.15, -0.1) is 0 Å². The Balaban J connectivity index is 2.19. The highest BCUT2D eigenvalue weighted by atomic mass is 16.5. The number of rotatable bonds is 7. The molecular weight excluding hydrogens is 274 g/mol. The summed E-state index contributed by atoms with van der Waals surface area (Å²) in [7, 11) is 0. The largest absolute Gasteiger partial charge is 0.419 e. The van der Waals surface area contributed by atoms with Gasteiger partial charge in [0.15, 0.2) is 5.58 Å². The molecule has 21 heavy (non-hydrogen) atoms. The smallest absolute Gasteiger partial charge is 0.408 e. The van der Waals surface area contributed by atoms with E-state index in [1.165, 1.54) is 0 Å². The number of benzene rings is 1. The number of primary amides is 1. The van der Waals surface area contributed by atoms with Gasteiger partial charge in [-0.3, -0.25) is 9.36 Å². The molecule has 1 atom stereocenters. The molecule has 7 nitrogen and oxygen atoms in total. The van der Waals surface area contributed by atoms with Crippen molar-refractivity contribution in [3.8, 4) is 0 Å². The van der Waals surface area contributed by atoms with Crippen LogP contribution in [0.15, 0.2) is 27.4 Å². The topological polar surface area (TPSA) is 113 Å². The highest BCUT2D eigenvalue weighted by Crippen LogP contribution is 2.19. The summed E-state index contributed by atoms with van der Waals surface area (Å²) in [6.45, 7) is 2.59. The first-order valence-corrected chi connectivity index (χ1v) is 6.77. The van der Waals surface area contributed by atoms with Crippen LogP contribution in [-0.4, -0.2) is 23.7 Å². The second-order valence-electron chi connectivity index (χ2n) is 4.83. The molecule has 4 N–H and O–H groups in total. The van der Waals surface area contributed by atoms with Crippen LogP contribution in [0.25, 0.3) is 11.1 Å². The normalized spacial score (nSPS) is 12.7. The quantitative estimate of drug-likeness (QED) is 0.772. The molecule has 114 valence electrons. The third-order valence-electron chi connectivity index (χ3n) is 3.11. The average Bonchev–Trinajstić information content (AvgIpc) is 2.74. The second-order valence-corrected chi connectivity index (χ2v) is 4.83. The highest BCUT2D eigenvalue weighted by molar-refractivity contribution is 5.75. The van der Waals surface area contributed by atoms with Crippen LogP contribution in [0.1, 0.15) is 24.9 Å². The molecule has 0 spiro atoms. The van der Waals surface area contributed by atoms with E-state index in [2.05, 4.69) is 0 Å². The van der Waals surface area contributed by atoms with Gasteiger partial charge in [-0.05, 0) is 24.1 Å². The van der Waals surface area contributed by atoms with Crippen molar-refractivity contribution >= 4 is 17.0 Å². The summed E-state index contributed by atoms with van der Waals surface area (Å²) < 4.78 is 11.9. The summed E-state index contributed by atoms with van der Waals surface area (Å²) in [5, 5.41) is 0. The number of nitrogens with zero attached hydrogens (tertiary/aromatic N) is 1. The summed E-state index contributed by atoms with van der Waals surface area (Å²) in [5.41, 5.74) is 13.0. The molecule has 0 bridgehead atoms. The molecular formula is C14H19N3O4. The van der Waals surface area contributed by atoms with Crippen LogP contribution in [0.5, 0.6) is 0 Å². The number of ether oxygens (including phenoxy) is 1. The van der Waals surface area contributed by atoms with Crippen LogP contribution in [0.4, 0.5) is 0 Å². The minimum atomic E-state index is -0.541. The van der Waals surface area contributed by atoms with Gasteiger partial charge in [0.2, 0.25) is 5.91 Å². The Labute approximate surface area is 121 Å². The number of amides is 1. The van der Waals surface area contributed by atoms with Crippen LogP contribution in [-0.2, 0) is 16.1 Å². The van der Waals surface area contributed by atoms with Gasteiger partial charge in [-0.2, -0.15) is 0 Å². The lowest BCUT2D eigenvalue weighted by Gasteiger charge is -2.11. The number of aromatic nitrogens is 1. The molecule has 1 heterocycles. The molecule has 0 aliphatic rings. The average molecular weight is 293 g/mol. The Morgan fingerprint density at radius 1 is 1.48 bits per heavy atom. The van der Waals surface area contributed by atoms with Crippen molar-refractivity contribution in [1.29, 1.82) is 0 Å². The minimum Gasteiger partial charge on any atom is -0.408 e. The Morgan fingerprint density at radius 3 is 2.90 bits per heavy atom. The van der Waals surface area contributed by atoms with Gasteiger partial charge < -0.3 is 20.6 Å². The number of hydrogen-bond donors (Lipinski definition) is 2. The number of nitrogens with two attached hydrogens (primary N) is 2. The Kier molecular flexibility index (Phi) is 4.77. The molecule has 1 aromatic heterocycles. The molecule has 0 saturated carbocycles. The molecule has 2 rings (SSSR count). The molecule has 0 saturated heterocycles. The zero-order valence-corrected chi connectivity index (χ0v) is 11.9. The van der Waals surface area contributed by atoms with Gasteiger partial charge in [0.25, 0.3) is 0 Å². The highest BCUT2D eigenvalue weighted by Gasteiger charge is 2.12. The molecule has 0 fully saturated rings. The van der Waals surface area contributed by atoms with Crippen LogP contribution < -0.4 is 17.2 Å². The Hall–Kier alpha value is -2.12. The van der Waals surface area contributed by atoms with E-state index in [0.717, 1.165) is 17.5 Å². The van der Waals surface area contributed by atoms with E-state index in [1.54, 1.807) is 16.7 Å². The molecule has 1 aromatic carbocycles. The number of carbonyl (C=O) groups is 1. The van der Waals surface area contributed by atoms with Crippen molar-refractivity contribution in [2.24, 2.45) is 11.5 Å². The van der Waals surface area contributed by atoms with Crippen LogP contribution >= 0.6 is 0 Å². The van der Waals surface area contributed by atoms with E-state index in [1.807, 2.05) is 13.0 Å². The van der Waals surface area contributed by atoms with E-state index < -0.39 is 11.9 Å². The van der Waals surface area contributed by atoms with E-state index in [9.17, 15) is 9.59 Å². The maximum absolute atomic E-state index is 11.7. The predicted molar refractivity (Wildman–Crippen MR) is 77.7 cm³/mol. The maximum Gasteiger partial charge on any atom is 0.419 e. The van der Waals surface area contributed by atoms with Crippen molar-refractivity contribution in [3.05, 3.63) is 34.3 Å². The third kappa shape index (κ3) is 3.50. The Bertz CT molecular complexity index is 689. The van der Waals surface area contributed by atoms with Gasteiger partial charge in [0, 0.05) is 6.54 Å². The summed E-state index contributed by atoms with van der Waals surface area (Å²) in [4.78, 5) is 22.3. The van der Waals surface area contributed by atoms with Crippen LogP contribution in [0, 0.1) is 0 Å². The van der Waals surface area contributed by atoms with Crippen molar-refractivity contribution in [2.75, 3.05) is 13.2 Å². The first-order valence-electron chi connectivity index (χ1n) is 6.77. The minimum absolute atomic E-state index is 0.161. The molecule has 0 aliphatic carbocycles. The van der Waals surface area contributed by atoms with Crippen molar-refractivity contribution < 1.29 is 13.9 Å². The zero-order chi connectivity index (χ0) is 15.4. The number of fused-ring (bicyclic) bond motifs is 1. The van der Waals surface area contributed by atoms with Gasteiger partial charge >= 0.3 is 5.76 Å². The molecule has 1 amide bonds. The van der Waals surface area contributed by atoms with Crippen molar-refractivity contribution in [2.45, 2.75) is 25.9 Å². The fraction of sp³-hybridized carbons (Fsp3) is 0.429. The molecule has 2 aromatic rings. The fourth-order valence-electron chi connectivity index (χ4n) is 2.13. The van der Waals surface area contributed by atoms with Crippen LogP contribution in [0.3, 0.4) is 0 Å². The van der Waals surface area contributed by atoms with E-state index in [0.29, 0.717) is 12.1 Å². The van der Waals surface area contributed by atoms with Crippen molar-refractivity contribution in [1.82, 2.24) is 4.57 Å². The zero-order valence-electron chi connectivity index (χ0n) is 11.9. The lowest BCUT2D eigenvalue weighted by Crippen LogP contribution is -2.23. The van der Waals surface area contributed by atoms with Crippen LogP contribution in [0.2, 0.25) is 0 Å². The summed E-state index contributed by atoms with van der Waals surface area (Å²) in [6.07, 6.45) is 0.844. The lowest BCUT2D eigenvalue weighted by atomic mass is 10.1. The summed E-state index contributed by atoms with van der Waals surface area (Å²) >= 11 is 0. The first-order chi connectivity index (χ1) is 10.0. The number of oxazole rings is 1. The SMILES string of the molecule is CCCn1c(=O)oc2cc(C(N)COCC(N)=O)ccc21. The third-order valence-corrected chi connectivity index (χ3v) is 3.11. The van der Waals surface area contributed by atoms with Gasteiger partial charge in [0.05, 0.1) is 18.2 Å². The summed E-state index contributed by atoms with van der Waals surface area (Å²) in [6, 6.07) is 4.93. The standard InChI is InChI=1S/C14H19N3O4/c1-2-5-17-11-4-3-9(6-12(11)21-14(17)19)10(15)7-20-8-13(16)18/h3-4,6,10H,2,5,7-8,15H2,1H3,(H2,16,18). The van der Waals surface area contributed by atoms with Gasteiger partial charge in [-0.25, -0.2) is 4.79 Å². The van der Waals surface area contributed by atoms with Gasteiger partial charge in [0.1, 0.15) is 6.61 Å². The molecule has 0 aliphatic heterocycles. The van der Waals surface area contributed by atoms with Crippen molar-refractivity contribution in [3.63, 3.8) is 0 Å². The fourth-order valence-corrected chi connectivity index (χ4v) is 2.13. The van der Waals surface area contributed by atoms with E-state index in [-0.39, 0.29) is 19.0 Å². The predicted octanol–water partition coefficient (Wildman–Crippen LogP) is 0.506. The number of aryl methyl sites for hydroxylation is 1. The summed E-state index contributed by atoms with van der Waals surface area (Å²) in [5.74, 6) is -0.914. The molecule has 0 radical (unpaired) electrons. The number of hydrogen-bond acceptors (Lipinski definition) is 5. The monoisotopic (exact) mass is 293 g/mol. The van der Waals surface area contributed by atoms with E-state index in [4.69, 9.17) is 20.6 Å². The first kappa shape index (κ1) is 15.3. The van der Waals surface area contributed by atoms with E-state index >= 15 is 0 Å². The molecule has 1 unspecified atom stereocenters.